The molecule has 3 heteroatoms. The first-order valence-electron chi connectivity index (χ1n) is 2.93. The normalized spacial score (nSPS) is 9.80. The smallest absolute Gasteiger partial charge is 0.0521 e. The van der Waals surface area contributed by atoms with Gasteiger partial charge in [0.2, 0.25) is 0 Å². The molecule has 0 aliphatic rings. The van der Waals surface area contributed by atoms with Crippen molar-refractivity contribution < 1.29 is 4.28 Å². The molecule has 0 aliphatic heterocycles. The zero-order valence-corrected chi connectivity index (χ0v) is 6.52. The van der Waals surface area contributed by atoms with Crippen molar-refractivity contribution in [2.45, 2.75) is 11.8 Å². The van der Waals surface area contributed by atoms with E-state index in [1.54, 1.807) is 0 Å². The van der Waals surface area contributed by atoms with Crippen molar-refractivity contribution in [2.24, 2.45) is 5.90 Å². The molecule has 10 heavy (non-hydrogen) atoms. The molecule has 1 rings (SSSR count). The summed E-state index contributed by atoms with van der Waals surface area (Å²) in [6.45, 7) is 2.04. The standard InChI is InChI=1S/C7H9NOS/c1-6-2-4-7(5-3-6)10-9-8/h2-5H,8H2,1H3. The van der Waals surface area contributed by atoms with Gasteiger partial charge in [0, 0.05) is 4.90 Å². The van der Waals surface area contributed by atoms with Gasteiger partial charge in [0.05, 0.1) is 12.0 Å². The SMILES string of the molecule is Cc1ccc(SON)cc1. The average Bonchev–Trinajstić information content (AvgIpc) is 1.95. The van der Waals surface area contributed by atoms with Gasteiger partial charge in [0.25, 0.3) is 0 Å². The molecule has 0 radical (unpaired) electrons. The molecule has 1 aromatic rings. The summed E-state index contributed by atoms with van der Waals surface area (Å²) in [6.07, 6.45) is 0. The van der Waals surface area contributed by atoms with Crippen LogP contribution in [0.4, 0.5) is 0 Å². The van der Waals surface area contributed by atoms with Gasteiger partial charge >= 0.3 is 0 Å². The lowest BCUT2D eigenvalue weighted by molar-refractivity contribution is 0.398. The van der Waals surface area contributed by atoms with Crippen LogP contribution in [0, 0.1) is 6.92 Å². The number of benzene rings is 1. The van der Waals surface area contributed by atoms with Crippen LogP contribution in [0.2, 0.25) is 0 Å². The summed E-state index contributed by atoms with van der Waals surface area (Å²) < 4.78 is 4.38. The van der Waals surface area contributed by atoms with Crippen LogP contribution in [-0.2, 0) is 4.28 Å². The Morgan fingerprint density at radius 3 is 2.40 bits per heavy atom. The second-order valence-electron chi connectivity index (χ2n) is 1.99. The molecule has 1 aromatic carbocycles. The molecule has 0 unspecified atom stereocenters. The van der Waals surface area contributed by atoms with Gasteiger partial charge in [-0.15, -0.1) is 0 Å². The lowest BCUT2D eigenvalue weighted by Gasteiger charge is -1.95. The number of nitrogens with two attached hydrogens (primary N) is 1. The minimum Gasteiger partial charge on any atom is -0.229 e. The number of hydrogen-bond donors (Lipinski definition) is 1. The summed E-state index contributed by atoms with van der Waals surface area (Å²) in [6, 6.07) is 7.96. The topological polar surface area (TPSA) is 35.2 Å². The summed E-state index contributed by atoms with van der Waals surface area (Å²) >= 11 is 1.16. The van der Waals surface area contributed by atoms with E-state index in [4.69, 9.17) is 5.90 Å². The number of aryl methyl sites for hydroxylation is 1. The van der Waals surface area contributed by atoms with E-state index in [1.807, 2.05) is 31.2 Å². The first kappa shape index (κ1) is 7.60. The Bertz CT molecular complexity index is 197. The van der Waals surface area contributed by atoms with E-state index in [9.17, 15) is 0 Å². The van der Waals surface area contributed by atoms with E-state index in [0.717, 1.165) is 16.9 Å². The molecule has 0 heterocycles. The van der Waals surface area contributed by atoms with Crippen molar-refractivity contribution in [3.63, 3.8) is 0 Å². The van der Waals surface area contributed by atoms with Gasteiger partial charge in [-0.25, -0.2) is 10.2 Å². The summed E-state index contributed by atoms with van der Waals surface area (Å²) in [5.41, 5.74) is 1.24. The van der Waals surface area contributed by atoms with Crippen molar-refractivity contribution in [1.29, 1.82) is 0 Å². The molecule has 0 aliphatic carbocycles. The molecule has 0 fully saturated rings. The average molecular weight is 155 g/mol. The Morgan fingerprint density at radius 2 is 1.90 bits per heavy atom. The van der Waals surface area contributed by atoms with Crippen LogP contribution < -0.4 is 5.90 Å². The summed E-state index contributed by atoms with van der Waals surface area (Å²) in [5.74, 6) is 4.86. The fraction of sp³-hybridized carbons (Fsp3) is 0.143. The van der Waals surface area contributed by atoms with Crippen LogP contribution in [0.15, 0.2) is 29.2 Å². The third kappa shape index (κ3) is 2.02. The van der Waals surface area contributed by atoms with Crippen LogP contribution in [-0.4, -0.2) is 0 Å². The Labute approximate surface area is 64.5 Å². The maximum absolute atomic E-state index is 4.86. The maximum atomic E-state index is 4.86. The van der Waals surface area contributed by atoms with Crippen molar-refractivity contribution in [1.82, 2.24) is 0 Å². The third-order valence-electron chi connectivity index (χ3n) is 1.17. The molecular formula is C7H9NOS. The predicted octanol–water partition coefficient (Wildman–Crippen LogP) is 1.89. The van der Waals surface area contributed by atoms with E-state index in [2.05, 4.69) is 4.28 Å². The molecule has 0 saturated carbocycles. The molecule has 2 nitrogen and oxygen atoms in total. The Hall–Kier alpha value is -0.510. The third-order valence-corrected chi connectivity index (χ3v) is 1.73. The van der Waals surface area contributed by atoms with Crippen molar-refractivity contribution >= 4 is 12.0 Å². The fourth-order valence-electron chi connectivity index (χ4n) is 0.649. The lowest BCUT2D eigenvalue weighted by Crippen LogP contribution is -1.86. The highest BCUT2D eigenvalue weighted by Gasteiger charge is 1.90. The van der Waals surface area contributed by atoms with Crippen LogP contribution in [0.25, 0.3) is 0 Å². The summed E-state index contributed by atoms with van der Waals surface area (Å²) in [7, 11) is 0. The first-order valence-corrected chi connectivity index (χ1v) is 3.67. The monoisotopic (exact) mass is 155 g/mol. The minimum atomic E-state index is 1.02. The summed E-state index contributed by atoms with van der Waals surface area (Å²) in [5, 5.41) is 0. The molecule has 0 atom stereocenters. The van der Waals surface area contributed by atoms with Gasteiger partial charge in [0.15, 0.2) is 0 Å². The van der Waals surface area contributed by atoms with Crippen LogP contribution >= 0.6 is 12.0 Å². The number of rotatable bonds is 2. The van der Waals surface area contributed by atoms with Crippen molar-refractivity contribution in [2.75, 3.05) is 0 Å². The highest BCUT2D eigenvalue weighted by atomic mass is 32.2. The second kappa shape index (κ2) is 3.61. The van der Waals surface area contributed by atoms with E-state index in [-0.39, 0.29) is 0 Å². The minimum absolute atomic E-state index is 1.02. The molecule has 0 bridgehead atoms. The van der Waals surface area contributed by atoms with Crippen LogP contribution in [0.1, 0.15) is 5.56 Å². The molecule has 0 saturated heterocycles. The van der Waals surface area contributed by atoms with E-state index >= 15 is 0 Å². The molecule has 0 aromatic heterocycles. The zero-order chi connectivity index (χ0) is 7.40. The highest BCUT2D eigenvalue weighted by Crippen LogP contribution is 2.16. The van der Waals surface area contributed by atoms with E-state index in [1.165, 1.54) is 5.56 Å². The first-order chi connectivity index (χ1) is 4.83. The fourth-order valence-corrected chi connectivity index (χ4v) is 1.01. The Morgan fingerprint density at radius 1 is 1.30 bits per heavy atom. The highest BCUT2D eigenvalue weighted by molar-refractivity contribution is 7.94. The lowest BCUT2D eigenvalue weighted by atomic mass is 10.2. The Kier molecular flexibility index (Phi) is 2.74. The van der Waals surface area contributed by atoms with Gasteiger partial charge in [-0.05, 0) is 19.1 Å². The van der Waals surface area contributed by atoms with E-state index in [0.29, 0.717) is 0 Å². The summed E-state index contributed by atoms with van der Waals surface area (Å²) in [4.78, 5) is 1.02. The molecule has 2 N–H and O–H groups in total. The predicted molar refractivity (Wildman–Crippen MR) is 42.3 cm³/mol. The molecule has 0 amide bonds. The van der Waals surface area contributed by atoms with E-state index < -0.39 is 0 Å². The maximum Gasteiger partial charge on any atom is 0.0521 e. The molecular weight excluding hydrogens is 146 g/mol. The second-order valence-corrected chi connectivity index (χ2v) is 2.82. The van der Waals surface area contributed by atoms with Gasteiger partial charge in [-0.2, -0.15) is 0 Å². The van der Waals surface area contributed by atoms with Gasteiger partial charge in [-0.3, -0.25) is 0 Å². The quantitative estimate of drug-likeness (QED) is 0.523. The van der Waals surface area contributed by atoms with Gasteiger partial charge < -0.3 is 0 Å². The van der Waals surface area contributed by atoms with Crippen molar-refractivity contribution in [3.05, 3.63) is 29.8 Å². The van der Waals surface area contributed by atoms with Crippen LogP contribution in [0.5, 0.6) is 0 Å². The molecule has 0 spiro atoms. The largest absolute Gasteiger partial charge is 0.229 e. The van der Waals surface area contributed by atoms with Crippen molar-refractivity contribution in [3.8, 4) is 0 Å². The van der Waals surface area contributed by atoms with Crippen LogP contribution in [0.3, 0.4) is 0 Å². The zero-order valence-electron chi connectivity index (χ0n) is 5.70. The molecule has 54 valence electrons. The van der Waals surface area contributed by atoms with Gasteiger partial charge in [-0.1, -0.05) is 17.7 Å². The van der Waals surface area contributed by atoms with Gasteiger partial charge in [0.1, 0.15) is 0 Å². The Balaban J connectivity index is 2.69. The number of hydrogen-bond acceptors (Lipinski definition) is 3.